The first-order valence-electron chi connectivity index (χ1n) is 10.9. The lowest BCUT2D eigenvalue weighted by Crippen LogP contribution is -2.58. The van der Waals surface area contributed by atoms with Gasteiger partial charge in [-0.15, -0.1) is 0 Å². The number of anilines is 1. The van der Waals surface area contributed by atoms with E-state index in [4.69, 9.17) is 4.74 Å². The molecule has 8 heteroatoms. The van der Waals surface area contributed by atoms with Gasteiger partial charge >= 0.3 is 0 Å². The maximum Gasteiger partial charge on any atom is 0.246 e. The molecule has 31 heavy (non-hydrogen) atoms. The highest BCUT2D eigenvalue weighted by Gasteiger charge is 2.78. The van der Waals surface area contributed by atoms with Crippen LogP contribution >= 0.6 is 0 Å². The SMILES string of the molecule is CC(C)NC(=O)C1N([C@H](C)CO)C(=O)[C@@H]2[C@H](C(=O)Nc3ccccc3)[C@]3(C)CCC12O3. The zero-order valence-electron chi connectivity index (χ0n) is 18.4. The Kier molecular flexibility index (Phi) is 5.34. The molecule has 8 nitrogen and oxygen atoms in total. The van der Waals surface area contributed by atoms with Crippen molar-refractivity contribution in [2.24, 2.45) is 11.8 Å². The van der Waals surface area contributed by atoms with Gasteiger partial charge in [-0.2, -0.15) is 0 Å². The number of aliphatic hydroxyl groups is 1. The van der Waals surface area contributed by atoms with Crippen LogP contribution in [0.15, 0.2) is 30.3 Å². The number of carbonyl (C=O) groups is 3. The van der Waals surface area contributed by atoms with Crippen LogP contribution < -0.4 is 10.6 Å². The Morgan fingerprint density at radius 2 is 1.87 bits per heavy atom. The minimum atomic E-state index is -1.08. The van der Waals surface area contributed by atoms with Crippen molar-refractivity contribution >= 4 is 23.4 Å². The Labute approximate surface area is 182 Å². The summed E-state index contributed by atoms with van der Waals surface area (Å²) in [7, 11) is 0. The maximum absolute atomic E-state index is 13.7. The number of benzene rings is 1. The fourth-order valence-corrected chi connectivity index (χ4v) is 5.73. The van der Waals surface area contributed by atoms with E-state index in [1.165, 1.54) is 4.90 Å². The van der Waals surface area contributed by atoms with Crippen LogP contribution in [0.1, 0.15) is 40.5 Å². The molecule has 3 fully saturated rings. The summed E-state index contributed by atoms with van der Waals surface area (Å²) in [4.78, 5) is 41.7. The fraction of sp³-hybridized carbons (Fsp3) is 0.609. The Bertz CT molecular complexity index is 890. The van der Waals surface area contributed by atoms with Gasteiger partial charge in [-0.05, 0) is 52.7 Å². The number of nitrogens with one attached hydrogen (secondary N) is 2. The van der Waals surface area contributed by atoms with Crippen LogP contribution in [0.3, 0.4) is 0 Å². The molecule has 3 aliphatic rings. The first kappa shape index (κ1) is 21.8. The molecule has 3 heterocycles. The number of para-hydroxylation sites is 1. The summed E-state index contributed by atoms with van der Waals surface area (Å²) in [6.07, 6.45) is 1.09. The number of ether oxygens (including phenoxy) is 1. The van der Waals surface area contributed by atoms with Gasteiger partial charge in [0.15, 0.2) is 0 Å². The molecule has 2 bridgehead atoms. The van der Waals surface area contributed by atoms with Crippen molar-refractivity contribution < 1.29 is 24.2 Å². The largest absolute Gasteiger partial charge is 0.394 e. The van der Waals surface area contributed by atoms with E-state index in [-0.39, 0.29) is 30.4 Å². The lowest BCUT2D eigenvalue weighted by molar-refractivity contribution is -0.148. The number of rotatable bonds is 6. The van der Waals surface area contributed by atoms with Gasteiger partial charge < -0.3 is 25.4 Å². The second-order valence-corrected chi connectivity index (χ2v) is 9.52. The number of likely N-dealkylation sites (tertiary alicyclic amines) is 1. The van der Waals surface area contributed by atoms with Crippen LogP contribution in [0.4, 0.5) is 5.69 Å². The van der Waals surface area contributed by atoms with Crippen molar-refractivity contribution in [2.45, 2.75) is 69.9 Å². The molecule has 2 unspecified atom stereocenters. The van der Waals surface area contributed by atoms with Gasteiger partial charge in [0.05, 0.1) is 30.1 Å². The highest BCUT2D eigenvalue weighted by molar-refractivity contribution is 6.02. The van der Waals surface area contributed by atoms with Crippen LogP contribution in [-0.4, -0.2) is 63.7 Å². The summed E-state index contributed by atoms with van der Waals surface area (Å²) in [5, 5.41) is 15.6. The number of hydrogen-bond acceptors (Lipinski definition) is 5. The third kappa shape index (κ3) is 3.24. The highest BCUT2D eigenvalue weighted by atomic mass is 16.5. The first-order valence-corrected chi connectivity index (χ1v) is 10.9. The monoisotopic (exact) mass is 429 g/mol. The Morgan fingerprint density at radius 1 is 1.19 bits per heavy atom. The van der Waals surface area contributed by atoms with Crippen molar-refractivity contribution in [2.75, 3.05) is 11.9 Å². The molecule has 0 radical (unpaired) electrons. The van der Waals surface area contributed by atoms with Gasteiger partial charge in [0, 0.05) is 11.7 Å². The van der Waals surface area contributed by atoms with E-state index < -0.39 is 35.1 Å². The molecule has 0 aromatic heterocycles. The number of fused-ring (bicyclic) bond motifs is 1. The molecular formula is C23H31N3O5. The van der Waals surface area contributed by atoms with Crippen LogP contribution in [-0.2, 0) is 19.1 Å². The molecule has 0 aliphatic carbocycles. The van der Waals surface area contributed by atoms with E-state index in [1.807, 2.05) is 39.0 Å². The molecule has 3 amide bonds. The Balaban J connectivity index is 1.73. The lowest BCUT2D eigenvalue weighted by atomic mass is 9.66. The van der Waals surface area contributed by atoms with Gasteiger partial charge in [-0.3, -0.25) is 14.4 Å². The molecule has 6 atom stereocenters. The van der Waals surface area contributed by atoms with E-state index in [0.29, 0.717) is 18.5 Å². The summed E-state index contributed by atoms with van der Waals surface area (Å²) in [5.41, 5.74) is -1.26. The Hall–Kier alpha value is -2.45. The summed E-state index contributed by atoms with van der Waals surface area (Å²) in [6, 6.07) is 7.53. The number of carbonyl (C=O) groups excluding carboxylic acids is 3. The molecule has 3 N–H and O–H groups in total. The molecule has 1 aromatic carbocycles. The van der Waals surface area contributed by atoms with Crippen molar-refractivity contribution in [1.29, 1.82) is 0 Å². The van der Waals surface area contributed by atoms with Crippen molar-refractivity contribution in [3.8, 4) is 0 Å². The standard InChI is InChI=1S/C23H31N3O5/c1-13(2)24-20(29)18-23-11-10-22(4,31-23)16(17(23)21(30)26(18)14(3)12-27)19(28)25-15-8-6-5-7-9-15/h5-9,13-14,16-18,27H,10-12H2,1-4H3,(H,24,29)(H,25,28)/t14-,16-,17+,18?,22+,23?/m1/s1. The molecule has 1 spiro atoms. The van der Waals surface area contributed by atoms with Crippen molar-refractivity contribution in [3.05, 3.63) is 30.3 Å². The molecule has 4 rings (SSSR count). The number of amides is 3. The average Bonchev–Trinajstić information content (AvgIpc) is 3.28. The van der Waals surface area contributed by atoms with Crippen LogP contribution in [0.25, 0.3) is 0 Å². The van der Waals surface area contributed by atoms with Crippen molar-refractivity contribution in [1.82, 2.24) is 10.2 Å². The van der Waals surface area contributed by atoms with Crippen LogP contribution in [0.2, 0.25) is 0 Å². The number of hydrogen-bond donors (Lipinski definition) is 3. The highest BCUT2D eigenvalue weighted by Crippen LogP contribution is 2.63. The van der Waals surface area contributed by atoms with Gasteiger partial charge in [0.1, 0.15) is 11.6 Å². The lowest BCUT2D eigenvalue weighted by Gasteiger charge is -2.36. The predicted octanol–water partition coefficient (Wildman–Crippen LogP) is 1.30. The molecular weight excluding hydrogens is 398 g/mol. The summed E-state index contributed by atoms with van der Waals surface area (Å²) < 4.78 is 6.49. The minimum Gasteiger partial charge on any atom is -0.394 e. The van der Waals surface area contributed by atoms with Gasteiger partial charge in [-0.1, -0.05) is 18.2 Å². The van der Waals surface area contributed by atoms with Crippen LogP contribution in [0, 0.1) is 11.8 Å². The molecule has 0 saturated carbocycles. The average molecular weight is 430 g/mol. The number of nitrogens with zero attached hydrogens (tertiary/aromatic N) is 1. The predicted molar refractivity (Wildman–Crippen MR) is 114 cm³/mol. The summed E-state index contributed by atoms with van der Waals surface area (Å²) >= 11 is 0. The smallest absolute Gasteiger partial charge is 0.246 e. The van der Waals surface area contributed by atoms with Crippen molar-refractivity contribution in [3.63, 3.8) is 0 Å². The molecule has 3 saturated heterocycles. The third-order valence-corrected chi connectivity index (χ3v) is 6.96. The normalized spacial score (nSPS) is 34.7. The zero-order chi connectivity index (χ0) is 22.6. The minimum absolute atomic E-state index is 0.115. The second kappa shape index (κ2) is 7.60. The van der Waals surface area contributed by atoms with E-state index in [2.05, 4.69) is 10.6 Å². The number of aliphatic hydroxyl groups excluding tert-OH is 1. The van der Waals surface area contributed by atoms with Gasteiger partial charge in [0.2, 0.25) is 17.7 Å². The maximum atomic E-state index is 13.7. The zero-order valence-corrected chi connectivity index (χ0v) is 18.4. The Morgan fingerprint density at radius 3 is 2.48 bits per heavy atom. The topological polar surface area (TPSA) is 108 Å². The van der Waals surface area contributed by atoms with E-state index in [0.717, 1.165) is 0 Å². The summed E-state index contributed by atoms with van der Waals surface area (Å²) in [6.45, 7) is 7.00. The fourth-order valence-electron chi connectivity index (χ4n) is 5.73. The van der Waals surface area contributed by atoms with Gasteiger partial charge in [0.25, 0.3) is 0 Å². The third-order valence-electron chi connectivity index (χ3n) is 6.96. The molecule has 168 valence electrons. The first-order chi connectivity index (χ1) is 14.6. The molecule has 3 aliphatic heterocycles. The second-order valence-electron chi connectivity index (χ2n) is 9.52. The summed E-state index contributed by atoms with van der Waals surface area (Å²) in [5.74, 6) is -2.39. The van der Waals surface area contributed by atoms with E-state index >= 15 is 0 Å². The van der Waals surface area contributed by atoms with E-state index in [9.17, 15) is 19.5 Å². The van der Waals surface area contributed by atoms with Gasteiger partial charge in [-0.25, -0.2) is 0 Å². The van der Waals surface area contributed by atoms with E-state index in [1.54, 1.807) is 19.1 Å². The quantitative estimate of drug-likeness (QED) is 0.632. The molecule has 1 aromatic rings. The van der Waals surface area contributed by atoms with Crippen LogP contribution in [0.5, 0.6) is 0 Å².